The number of piperazine rings is 1. The van der Waals surface area contributed by atoms with Gasteiger partial charge in [0.05, 0.1) is 5.56 Å². The number of hydrogen-bond donors (Lipinski definition) is 1. The Labute approximate surface area is 132 Å². The largest absolute Gasteiger partial charge is 0.478 e. The highest BCUT2D eigenvalue weighted by molar-refractivity contribution is 5.87. The molecule has 4 nitrogen and oxygen atoms in total. The smallest absolute Gasteiger partial charge is 0.335 e. The van der Waals surface area contributed by atoms with E-state index in [2.05, 4.69) is 16.7 Å². The predicted molar refractivity (Wildman–Crippen MR) is 85.3 cm³/mol. The van der Waals surface area contributed by atoms with Crippen LogP contribution in [0, 0.1) is 0 Å². The van der Waals surface area contributed by atoms with Crippen molar-refractivity contribution < 1.29 is 9.90 Å². The number of aromatic carboxylic acids is 1. The molecular weight excluding hydrogens is 299 g/mol. The van der Waals surface area contributed by atoms with Crippen LogP contribution >= 0.6 is 24.8 Å². The van der Waals surface area contributed by atoms with Gasteiger partial charge in [-0.2, -0.15) is 0 Å². The zero-order chi connectivity index (χ0) is 13.0. The maximum Gasteiger partial charge on any atom is 0.335 e. The predicted octanol–water partition coefficient (Wildman–Crippen LogP) is 2.37. The third kappa shape index (κ3) is 5.29. The zero-order valence-corrected chi connectivity index (χ0v) is 13.3. The van der Waals surface area contributed by atoms with Gasteiger partial charge in [-0.05, 0) is 24.2 Å². The van der Waals surface area contributed by atoms with Gasteiger partial charge in [-0.15, -0.1) is 24.8 Å². The van der Waals surface area contributed by atoms with Gasteiger partial charge in [0.1, 0.15) is 0 Å². The van der Waals surface area contributed by atoms with Gasteiger partial charge in [-0.1, -0.05) is 19.1 Å². The topological polar surface area (TPSA) is 43.8 Å². The van der Waals surface area contributed by atoms with Crippen LogP contribution in [-0.4, -0.2) is 53.6 Å². The highest BCUT2D eigenvalue weighted by atomic mass is 35.5. The van der Waals surface area contributed by atoms with Gasteiger partial charge < -0.3 is 10.0 Å². The number of carboxylic acids is 1. The molecule has 1 heterocycles. The number of carboxylic acid groups (broad SMARTS) is 1. The molecule has 1 N–H and O–H groups in total. The van der Waals surface area contributed by atoms with Gasteiger partial charge in [-0.25, -0.2) is 4.79 Å². The second-order valence-corrected chi connectivity index (χ2v) is 4.71. The molecule has 6 heteroatoms. The molecule has 20 heavy (non-hydrogen) atoms. The quantitative estimate of drug-likeness (QED) is 0.925. The van der Waals surface area contributed by atoms with E-state index < -0.39 is 5.97 Å². The number of hydrogen-bond acceptors (Lipinski definition) is 3. The summed E-state index contributed by atoms with van der Waals surface area (Å²) in [6.45, 7) is 8.68. The maximum absolute atomic E-state index is 10.8. The van der Waals surface area contributed by atoms with E-state index in [0.29, 0.717) is 5.56 Å². The molecule has 0 radical (unpaired) electrons. The standard InChI is InChI=1S/C14H20N2O2.2ClH/c1-2-15-7-9-16(10-8-15)11-12-3-5-13(6-4-12)14(17)18;;/h3-6H,2,7-11H2,1H3,(H,17,18);2*1H. The first-order valence-electron chi connectivity index (χ1n) is 6.46. The van der Waals surface area contributed by atoms with Crippen molar-refractivity contribution in [1.82, 2.24) is 9.80 Å². The monoisotopic (exact) mass is 320 g/mol. The van der Waals surface area contributed by atoms with Crippen LogP contribution in [0.15, 0.2) is 24.3 Å². The van der Waals surface area contributed by atoms with Gasteiger partial charge in [0, 0.05) is 32.7 Å². The molecule has 0 bridgehead atoms. The molecule has 1 fully saturated rings. The molecule has 0 saturated carbocycles. The normalized spacial score (nSPS) is 16.1. The fourth-order valence-electron chi connectivity index (χ4n) is 2.27. The third-order valence-corrected chi connectivity index (χ3v) is 3.52. The summed E-state index contributed by atoms with van der Waals surface area (Å²) in [5.41, 5.74) is 1.54. The Morgan fingerprint density at radius 2 is 1.55 bits per heavy atom. The molecule has 114 valence electrons. The number of nitrogens with zero attached hydrogens (tertiary/aromatic N) is 2. The molecule has 1 aromatic rings. The van der Waals surface area contributed by atoms with Crippen LogP contribution in [-0.2, 0) is 6.54 Å². The molecule has 0 atom stereocenters. The Balaban J connectivity index is 0.00000180. The van der Waals surface area contributed by atoms with Crippen molar-refractivity contribution in [3.05, 3.63) is 35.4 Å². The summed E-state index contributed by atoms with van der Waals surface area (Å²) in [4.78, 5) is 15.6. The van der Waals surface area contributed by atoms with Crippen molar-refractivity contribution in [3.63, 3.8) is 0 Å². The minimum atomic E-state index is -0.863. The lowest BCUT2D eigenvalue weighted by atomic mass is 10.1. The fraction of sp³-hybridized carbons (Fsp3) is 0.500. The van der Waals surface area contributed by atoms with Gasteiger partial charge in [0.2, 0.25) is 0 Å². The van der Waals surface area contributed by atoms with Gasteiger partial charge in [0.25, 0.3) is 0 Å². The number of halogens is 2. The Bertz CT molecular complexity index is 404. The Morgan fingerprint density at radius 1 is 1.05 bits per heavy atom. The average Bonchev–Trinajstić information content (AvgIpc) is 2.40. The van der Waals surface area contributed by atoms with Crippen LogP contribution in [0.2, 0.25) is 0 Å². The van der Waals surface area contributed by atoms with Gasteiger partial charge in [0.15, 0.2) is 0 Å². The minimum absolute atomic E-state index is 0. The second kappa shape index (κ2) is 9.19. The number of benzene rings is 1. The first-order valence-corrected chi connectivity index (χ1v) is 6.46. The average molecular weight is 321 g/mol. The van der Waals surface area contributed by atoms with Crippen molar-refractivity contribution in [1.29, 1.82) is 0 Å². The van der Waals surface area contributed by atoms with Crippen molar-refractivity contribution in [2.45, 2.75) is 13.5 Å². The van der Waals surface area contributed by atoms with E-state index in [1.54, 1.807) is 12.1 Å². The Hall–Kier alpha value is -0.810. The molecule has 1 aliphatic rings. The van der Waals surface area contributed by atoms with Crippen molar-refractivity contribution >= 4 is 30.8 Å². The summed E-state index contributed by atoms with van der Waals surface area (Å²) in [7, 11) is 0. The molecular formula is C14H22Cl2N2O2. The van der Waals surface area contributed by atoms with Crippen LogP contribution in [0.3, 0.4) is 0 Å². The zero-order valence-electron chi connectivity index (χ0n) is 11.6. The summed E-state index contributed by atoms with van der Waals surface area (Å²) in [5.74, 6) is -0.863. The summed E-state index contributed by atoms with van der Waals surface area (Å²) in [6.07, 6.45) is 0. The Kier molecular flexibility index (Phi) is 8.81. The minimum Gasteiger partial charge on any atom is -0.478 e. The number of likely N-dealkylation sites (N-methyl/N-ethyl adjacent to an activating group) is 1. The van der Waals surface area contributed by atoms with E-state index in [0.717, 1.165) is 39.3 Å². The summed E-state index contributed by atoms with van der Waals surface area (Å²) < 4.78 is 0. The van der Waals surface area contributed by atoms with E-state index in [1.165, 1.54) is 5.56 Å². The molecule has 1 saturated heterocycles. The lowest BCUT2D eigenvalue weighted by Gasteiger charge is -2.34. The SMILES string of the molecule is CCN1CCN(Cc2ccc(C(=O)O)cc2)CC1.Cl.Cl. The van der Waals surface area contributed by atoms with Crippen molar-refractivity contribution in [2.75, 3.05) is 32.7 Å². The van der Waals surface area contributed by atoms with E-state index >= 15 is 0 Å². The van der Waals surface area contributed by atoms with Crippen LogP contribution in [0.4, 0.5) is 0 Å². The van der Waals surface area contributed by atoms with Crippen molar-refractivity contribution in [3.8, 4) is 0 Å². The van der Waals surface area contributed by atoms with E-state index in [4.69, 9.17) is 5.11 Å². The molecule has 0 aromatic heterocycles. The van der Waals surface area contributed by atoms with Crippen LogP contribution in [0.25, 0.3) is 0 Å². The lowest BCUT2D eigenvalue weighted by molar-refractivity contribution is 0.0697. The maximum atomic E-state index is 10.8. The van der Waals surface area contributed by atoms with E-state index in [9.17, 15) is 4.79 Å². The molecule has 0 unspecified atom stereocenters. The summed E-state index contributed by atoms with van der Waals surface area (Å²) in [5, 5.41) is 8.84. The lowest BCUT2D eigenvalue weighted by Crippen LogP contribution is -2.45. The molecule has 1 aromatic carbocycles. The van der Waals surface area contributed by atoms with Crippen LogP contribution in [0.5, 0.6) is 0 Å². The highest BCUT2D eigenvalue weighted by Crippen LogP contribution is 2.10. The third-order valence-electron chi connectivity index (χ3n) is 3.52. The van der Waals surface area contributed by atoms with Crippen molar-refractivity contribution in [2.24, 2.45) is 0 Å². The molecule has 2 rings (SSSR count). The molecule has 0 aliphatic carbocycles. The van der Waals surface area contributed by atoms with Crippen LogP contribution < -0.4 is 0 Å². The van der Waals surface area contributed by atoms with E-state index in [1.807, 2.05) is 12.1 Å². The van der Waals surface area contributed by atoms with Gasteiger partial charge >= 0.3 is 5.97 Å². The number of carbonyl (C=O) groups is 1. The molecule has 1 aliphatic heterocycles. The summed E-state index contributed by atoms with van der Waals surface area (Å²) in [6, 6.07) is 7.19. The molecule has 0 spiro atoms. The first kappa shape index (κ1) is 19.2. The highest BCUT2D eigenvalue weighted by Gasteiger charge is 2.15. The van der Waals surface area contributed by atoms with Crippen LogP contribution in [0.1, 0.15) is 22.8 Å². The molecule has 0 amide bonds. The second-order valence-electron chi connectivity index (χ2n) is 4.71. The van der Waals surface area contributed by atoms with E-state index in [-0.39, 0.29) is 24.8 Å². The number of rotatable bonds is 4. The Morgan fingerprint density at radius 3 is 2.00 bits per heavy atom. The van der Waals surface area contributed by atoms with Gasteiger partial charge in [-0.3, -0.25) is 4.90 Å². The first-order chi connectivity index (χ1) is 8.69. The summed E-state index contributed by atoms with van der Waals surface area (Å²) >= 11 is 0. The fourth-order valence-corrected chi connectivity index (χ4v) is 2.27.